The molecule has 1 aromatic heterocycles. The maximum atomic E-state index is 12.6. The Balaban J connectivity index is 1.87. The van der Waals surface area contributed by atoms with Gasteiger partial charge in [-0.05, 0) is 36.8 Å². The van der Waals surface area contributed by atoms with Gasteiger partial charge < -0.3 is 9.47 Å². The highest BCUT2D eigenvalue weighted by Crippen LogP contribution is 2.31. The van der Waals surface area contributed by atoms with Crippen LogP contribution in [-0.4, -0.2) is 43.7 Å². The van der Waals surface area contributed by atoms with Crippen molar-refractivity contribution in [3.8, 4) is 22.9 Å². The van der Waals surface area contributed by atoms with E-state index in [0.29, 0.717) is 28.5 Å². The summed E-state index contributed by atoms with van der Waals surface area (Å²) in [5.41, 5.74) is 1.33. The number of anilines is 1. The lowest BCUT2D eigenvalue weighted by Gasteiger charge is -2.08. The third-order valence-corrected chi connectivity index (χ3v) is 5.07. The second-order valence-electron chi connectivity index (χ2n) is 6.05. The second kappa shape index (κ2) is 7.89. The normalized spacial score (nSPS) is 11.2. The molecule has 3 rings (SSSR count). The fourth-order valence-corrected chi connectivity index (χ4v) is 3.16. The molecule has 0 bridgehead atoms. The van der Waals surface area contributed by atoms with Crippen LogP contribution in [0.4, 0.5) is 5.95 Å². The predicted molar refractivity (Wildman–Crippen MR) is 105 cm³/mol. The number of H-pyrrole nitrogens is 1. The molecule has 0 spiro atoms. The average Bonchev–Trinajstić information content (AvgIpc) is 3.14. The number of methoxy groups -OCH3 is 2. The number of ether oxygens (including phenoxy) is 2. The minimum atomic E-state index is -3.94. The molecule has 1 amide bonds. The molecule has 3 aromatic rings. The van der Waals surface area contributed by atoms with E-state index in [4.69, 9.17) is 14.6 Å². The third-order valence-electron chi connectivity index (χ3n) is 4.16. The number of benzene rings is 2. The Kier molecular flexibility index (Phi) is 5.52. The highest BCUT2D eigenvalue weighted by Gasteiger charge is 2.18. The van der Waals surface area contributed by atoms with Crippen molar-refractivity contribution >= 4 is 21.9 Å². The number of carbonyl (C=O) groups is 1. The van der Waals surface area contributed by atoms with Gasteiger partial charge in [0.05, 0.1) is 24.7 Å². The quantitative estimate of drug-likeness (QED) is 0.552. The molecule has 0 radical (unpaired) electrons. The number of nitrogens with two attached hydrogens (primary N) is 1. The SMILES string of the molecule is COc1ccc(-c2nc(NC(=O)c3cc(S(N)(=O)=O)ccc3C)n[nH]2)c(OC)c1. The van der Waals surface area contributed by atoms with Crippen molar-refractivity contribution in [2.24, 2.45) is 5.14 Å². The van der Waals surface area contributed by atoms with Crippen molar-refractivity contribution in [2.75, 3.05) is 19.5 Å². The molecule has 11 heteroatoms. The monoisotopic (exact) mass is 417 g/mol. The molecule has 0 saturated heterocycles. The first-order valence-corrected chi connectivity index (χ1v) is 9.87. The van der Waals surface area contributed by atoms with Gasteiger partial charge in [0.1, 0.15) is 11.5 Å². The average molecular weight is 417 g/mol. The molecule has 4 N–H and O–H groups in total. The van der Waals surface area contributed by atoms with Crippen molar-refractivity contribution in [1.29, 1.82) is 0 Å². The molecule has 0 unspecified atom stereocenters. The number of rotatable bonds is 6. The van der Waals surface area contributed by atoms with Crippen LogP contribution in [0.15, 0.2) is 41.3 Å². The molecular formula is C18H19N5O5S. The van der Waals surface area contributed by atoms with Gasteiger partial charge in [0, 0.05) is 11.6 Å². The van der Waals surface area contributed by atoms with Gasteiger partial charge in [-0.1, -0.05) is 6.07 Å². The zero-order chi connectivity index (χ0) is 21.2. The van der Waals surface area contributed by atoms with Gasteiger partial charge in [-0.2, -0.15) is 4.98 Å². The van der Waals surface area contributed by atoms with Crippen molar-refractivity contribution in [1.82, 2.24) is 15.2 Å². The van der Waals surface area contributed by atoms with Crippen molar-refractivity contribution in [2.45, 2.75) is 11.8 Å². The molecule has 29 heavy (non-hydrogen) atoms. The van der Waals surface area contributed by atoms with Crippen molar-refractivity contribution in [3.05, 3.63) is 47.5 Å². The van der Waals surface area contributed by atoms with E-state index < -0.39 is 15.9 Å². The number of hydrogen-bond donors (Lipinski definition) is 3. The van der Waals surface area contributed by atoms with Crippen LogP contribution in [0.2, 0.25) is 0 Å². The number of primary sulfonamides is 1. The fourth-order valence-electron chi connectivity index (χ4n) is 2.62. The molecule has 0 aliphatic heterocycles. The zero-order valence-corrected chi connectivity index (χ0v) is 16.7. The Morgan fingerprint density at radius 1 is 1.14 bits per heavy atom. The second-order valence-corrected chi connectivity index (χ2v) is 7.61. The summed E-state index contributed by atoms with van der Waals surface area (Å²) < 4.78 is 33.6. The Morgan fingerprint density at radius 3 is 2.55 bits per heavy atom. The van der Waals surface area contributed by atoms with Gasteiger partial charge in [0.2, 0.25) is 16.0 Å². The number of carbonyl (C=O) groups excluding carboxylic acids is 1. The van der Waals surface area contributed by atoms with E-state index in [2.05, 4.69) is 20.5 Å². The molecule has 1 heterocycles. The largest absolute Gasteiger partial charge is 0.497 e. The number of aryl methyl sites for hydroxylation is 1. The molecule has 10 nitrogen and oxygen atoms in total. The van der Waals surface area contributed by atoms with Gasteiger partial charge in [-0.25, -0.2) is 13.6 Å². The number of nitrogens with one attached hydrogen (secondary N) is 2. The van der Waals surface area contributed by atoms with Crippen LogP contribution in [0.3, 0.4) is 0 Å². The summed E-state index contributed by atoms with van der Waals surface area (Å²) in [4.78, 5) is 16.7. The molecule has 0 atom stereocenters. The molecule has 2 aromatic carbocycles. The van der Waals surface area contributed by atoms with E-state index in [9.17, 15) is 13.2 Å². The van der Waals surface area contributed by atoms with Gasteiger partial charge in [0.25, 0.3) is 5.91 Å². The number of amides is 1. The van der Waals surface area contributed by atoms with Crippen molar-refractivity contribution < 1.29 is 22.7 Å². The van der Waals surface area contributed by atoms with E-state index >= 15 is 0 Å². The van der Waals surface area contributed by atoms with E-state index in [-0.39, 0.29) is 16.4 Å². The molecule has 0 saturated carbocycles. The first kappa shape index (κ1) is 20.3. The molecule has 0 aliphatic carbocycles. The van der Waals surface area contributed by atoms with E-state index in [1.165, 1.54) is 25.3 Å². The predicted octanol–water partition coefficient (Wildman–Crippen LogP) is 1.70. The van der Waals surface area contributed by atoms with Gasteiger partial charge >= 0.3 is 0 Å². The lowest BCUT2D eigenvalue weighted by atomic mass is 10.1. The van der Waals surface area contributed by atoms with E-state index in [1.54, 1.807) is 32.2 Å². The van der Waals surface area contributed by atoms with Crippen LogP contribution in [0.5, 0.6) is 11.5 Å². The van der Waals surface area contributed by atoms with Crippen LogP contribution in [-0.2, 0) is 10.0 Å². The maximum Gasteiger partial charge on any atom is 0.258 e. The summed E-state index contributed by atoms with van der Waals surface area (Å²) in [5.74, 6) is 0.942. The standard InChI is InChI=1S/C18H19N5O5S/c1-10-4-6-12(29(19,25)26)9-14(10)17(24)21-18-20-16(22-23-18)13-7-5-11(27-2)8-15(13)28-3/h4-9H,1-3H3,(H2,19,25,26)(H2,20,21,22,23,24). The summed E-state index contributed by atoms with van der Waals surface area (Å²) >= 11 is 0. The number of aromatic amines is 1. The lowest BCUT2D eigenvalue weighted by Crippen LogP contribution is -2.17. The Morgan fingerprint density at radius 2 is 1.90 bits per heavy atom. The molecule has 0 aliphatic rings. The van der Waals surface area contributed by atoms with Crippen LogP contribution >= 0.6 is 0 Å². The van der Waals surface area contributed by atoms with Gasteiger partial charge in [-0.15, -0.1) is 5.10 Å². The number of aromatic nitrogens is 3. The van der Waals surface area contributed by atoms with Gasteiger partial charge in [0.15, 0.2) is 5.82 Å². The van der Waals surface area contributed by atoms with Crippen LogP contribution in [0.1, 0.15) is 15.9 Å². The minimum absolute atomic E-state index is 0.0169. The van der Waals surface area contributed by atoms with Gasteiger partial charge in [-0.3, -0.25) is 15.2 Å². The van der Waals surface area contributed by atoms with Crippen molar-refractivity contribution in [3.63, 3.8) is 0 Å². The summed E-state index contributed by atoms with van der Waals surface area (Å²) in [6.45, 7) is 1.67. The Labute approximate surface area is 167 Å². The fraction of sp³-hybridized carbons (Fsp3) is 0.167. The number of hydrogen-bond acceptors (Lipinski definition) is 7. The lowest BCUT2D eigenvalue weighted by molar-refractivity contribution is 0.102. The van der Waals surface area contributed by atoms with Crippen LogP contribution in [0, 0.1) is 6.92 Å². The smallest absolute Gasteiger partial charge is 0.258 e. The number of sulfonamides is 1. The summed E-state index contributed by atoms with van der Waals surface area (Å²) in [6, 6.07) is 9.21. The first-order chi connectivity index (χ1) is 13.7. The Hall–Kier alpha value is -3.44. The van der Waals surface area contributed by atoms with E-state index in [0.717, 1.165) is 0 Å². The summed E-state index contributed by atoms with van der Waals surface area (Å²) in [6.07, 6.45) is 0. The zero-order valence-electron chi connectivity index (χ0n) is 15.9. The van der Waals surface area contributed by atoms with Crippen LogP contribution in [0.25, 0.3) is 11.4 Å². The maximum absolute atomic E-state index is 12.6. The topological polar surface area (TPSA) is 149 Å². The molecule has 152 valence electrons. The highest BCUT2D eigenvalue weighted by molar-refractivity contribution is 7.89. The summed E-state index contributed by atoms with van der Waals surface area (Å²) in [5, 5.41) is 14.4. The number of nitrogens with zero attached hydrogens (tertiary/aromatic N) is 2. The van der Waals surface area contributed by atoms with Crippen LogP contribution < -0.4 is 19.9 Å². The molecular weight excluding hydrogens is 398 g/mol. The Bertz CT molecular complexity index is 1170. The highest BCUT2D eigenvalue weighted by atomic mass is 32.2. The first-order valence-electron chi connectivity index (χ1n) is 8.32. The summed E-state index contributed by atoms with van der Waals surface area (Å²) in [7, 11) is -0.878. The molecule has 0 fully saturated rings. The van der Waals surface area contributed by atoms with E-state index in [1.807, 2.05) is 0 Å². The third kappa shape index (κ3) is 4.36. The minimum Gasteiger partial charge on any atom is -0.497 e.